The van der Waals surface area contributed by atoms with Crippen LogP contribution in [0.5, 0.6) is 5.75 Å². The van der Waals surface area contributed by atoms with E-state index in [1.165, 1.54) is 12.0 Å². The highest BCUT2D eigenvalue weighted by Gasteiger charge is 2.26. The fraction of sp³-hybridized carbons (Fsp3) is 0.462. The van der Waals surface area contributed by atoms with E-state index in [1.54, 1.807) is 7.11 Å². The lowest BCUT2D eigenvalue weighted by Crippen LogP contribution is -2.38. The Morgan fingerprint density at radius 1 is 1.59 bits per heavy atom. The van der Waals surface area contributed by atoms with Crippen molar-refractivity contribution < 1.29 is 4.74 Å². The summed E-state index contributed by atoms with van der Waals surface area (Å²) < 4.78 is 5.22. The van der Waals surface area contributed by atoms with E-state index in [-0.39, 0.29) is 6.04 Å². The van der Waals surface area contributed by atoms with E-state index in [1.807, 2.05) is 12.1 Å². The molecule has 0 aliphatic carbocycles. The fourth-order valence-corrected chi connectivity index (χ4v) is 2.61. The van der Waals surface area contributed by atoms with Crippen molar-refractivity contribution in [3.05, 3.63) is 29.8 Å². The number of nitrogens with zero attached hydrogens (tertiary/aromatic N) is 1. The Labute approximate surface area is 108 Å². The third-order valence-electron chi connectivity index (χ3n) is 3.21. The van der Waals surface area contributed by atoms with Crippen molar-refractivity contribution in [2.45, 2.75) is 25.4 Å². The second-order valence-corrected chi connectivity index (χ2v) is 4.85. The molecule has 2 rings (SSSR count). The summed E-state index contributed by atoms with van der Waals surface area (Å²) in [7, 11) is 1.69. The van der Waals surface area contributed by atoms with Gasteiger partial charge in [0.15, 0.2) is 0 Å². The standard InChI is InChI=1S/C13H18N2OS/c1-16-11-5-2-4-10(8-11)9-15-7-3-6-12(15)13(14)17/h2,4-5,8,12H,3,6-7,9H2,1H3,(H2,14,17). The molecule has 1 aromatic rings. The maximum Gasteiger partial charge on any atom is 0.119 e. The Balaban J connectivity index is 2.06. The molecule has 4 heteroatoms. The first-order valence-electron chi connectivity index (χ1n) is 5.87. The minimum atomic E-state index is 0.260. The van der Waals surface area contributed by atoms with Crippen molar-refractivity contribution in [2.75, 3.05) is 13.7 Å². The molecular formula is C13H18N2OS. The van der Waals surface area contributed by atoms with Crippen LogP contribution in [0.15, 0.2) is 24.3 Å². The molecule has 1 saturated heterocycles. The molecule has 1 heterocycles. The number of methoxy groups -OCH3 is 1. The molecular weight excluding hydrogens is 232 g/mol. The van der Waals surface area contributed by atoms with Crippen LogP contribution in [0.3, 0.4) is 0 Å². The second kappa shape index (κ2) is 5.47. The zero-order valence-corrected chi connectivity index (χ0v) is 10.9. The molecule has 92 valence electrons. The average Bonchev–Trinajstić information content (AvgIpc) is 2.77. The first kappa shape index (κ1) is 12.3. The van der Waals surface area contributed by atoms with E-state index in [4.69, 9.17) is 22.7 Å². The van der Waals surface area contributed by atoms with E-state index < -0.39 is 0 Å². The number of rotatable bonds is 4. The number of thiocarbonyl (C=S) groups is 1. The summed E-state index contributed by atoms with van der Waals surface area (Å²) in [4.78, 5) is 2.96. The lowest BCUT2D eigenvalue weighted by atomic mass is 10.1. The van der Waals surface area contributed by atoms with Crippen LogP contribution in [-0.4, -0.2) is 29.6 Å². The molecule has 1 fully saturated rings. The highest BCUT2D eigenvalue weighted by molar-refractivity contribution is 7.80. The van der Waals surface area contributed by atoms with E-state index in [9.17, 15) is 0 Å². The lowest BCUT2D eigenvalue weighted by molar-refractivity contribution is 0.294. The highest BCUT2D eigenvalue weighted by Crippen LogP contribution is 2.22. The SMILES string of the molecule is COc1cccc(CN2CCCC2C(N)=S)c1. The van der Waals surface area contributed by atoms with Crippen LogP contribution in [-0.2, 0) is 6.54 Å². The lowest BCUT2D eigenvalue weighted by Gasteiger charge is -2.23. The number of likely N-dealkylation sites (tertiary alicyclic amines) is 1. The van der Waals surface area contributed by atoms with Crippen LogP contribution in [0.4, 0.5) is 0 Å². The Kier molecular flexibility index (Phi) is 3.97. The molecule has 17 heavy (non-hydrogen) atoms. The molecule has 0 saturated carbocycles. The molecule has 1 aromatic carbocycles. The summed E-state index contributed by atoms with van der Waals surface area (Å²) in [5.41, 5.74) is 7.01. The van der Waals surface area contributed by atoms with E-state index in [0.717, 1.165) is 25.3 Å². The zero-order chi connectivity index (χ0) is 12.3. The molecule has 1 unspecified atom stereocenters. The molecule has 0 spiro atoms. The van der Waals surface area contributed by atoms with Crippen LogP contribution in [0, 0.1) is 0 Å². The van der Waals surface area contributed by atoms with Gasteiger partial charge in [-0.1, -0.05) is 24.4 Å². The quantitative estimate of drug-likeness (QED) is 0.829. The maximum absolute atomic E-state index is 5.76. The van der Waals surface area contributed by atoms with Crippen molar-refractivity contribution in [1.82, 2.24) is 4.90 Å². The summed E-state index contributed by atoms with van der Waals surface area (Å²) in [5, 5.41) is 0. The smallest absolute Gasteiger partial charge is 0.119 e. The third-order valence-corrected chi connectivity index (χ3v) is 3.48. The summed E-state index contributed by atoms with van der Waals surface area (Å²) in [6.07, 6.45) is 2.26. The van der Waals surface area contributed by atoms with Crippen molar-refractivity contribution in [3.63, 3.8) is 0 Å². The van der Waals surface area contributed by atoms with Gasteiger partial charge < -0.3 is 10.5 Å². The van der Waals surface area contributed by atoms with Gasteiger partial charge in [-0.25, -0.2) is 0 Å². The maximum atomic E-state index is 5.76. The van der Waals surface area contributed by atoms with Crippen LogP contribution in [0.2, 0.25) is 0 Å². The van der Waals surface area contributed by atoms with Gasteiger partial charge >= 0.3 is 0 Å². The summed E-state index contributed by atoms with van der Waals surface area (Å²) >= 11 is 5.11. The summed E-state index contributed by atoms with van der Waals surface area (Å²) in [6.45, 7) is 1.96. The van der Waals surface area contributed by atoms with Crippen LogP contribution in [0.1, 0.15) is 18.4 Å². The molecule has 3 nitrogen and oxygen atoms in total. The zero-order valence-electron chi connectivity index (χ0n) is 10.1. The molecule has 0 aromatic heterocycles. The first-order valence-corrected chi connectivity index (χ1v) is 6.28. The largest absolute Gasteiger partial charge is 0.497 e. The number of nitrogens with two attached hydrogens (primary N) is 1. The van der Waals surface area contributed by atoms with Crippen LogP contribution < -0.4 is 10.5 Å². The van der Waals surface area contributed by atoms with Crippen molar-refractivity contribution in [3.8, 4) is 5.75 Å². The molecule has 1 atom stereocenters. The topological polar surface area (TPSA) is 38.5 Å². The Hall–Kier alpha value is -1.13. The molecule has 0 radical (unpaired) electrons. The van der Waals surface area contributed by atoms with E-state index in [2.05, 4.69) is 17.0 Å². The number of hydrogen-bond acceptors (Lipinski definition) is 3. The number of benzene rings is 1. The van der Waals surface area contributed by atoms with Gasteiger partial charge in [-0.15, -0.1) is 0 Å². The Morgan fingerprint density at radius 3 is 3.12 bits per heavy atom. The predicted octanol–water partition coefficient (Wildman–Crippen LogP) is 1.95. The molecule has 1 aliphatic heterocycles. The first-order chi connectivity index (χ1) is 8.20. The van der Waals surface area contributed by atoms with E-state index in [0.29, 0.717) is 4.99 Å². The van der Waals surface area contributed by atoms with E-state index >= 15 is 0 Å². The second-order valence-electron chi connectivity index (χ2n) is 4.38. The highest BCUT2D eigenvalue weighted by atomic mass is 32.1. The molecule has 1 aliphatic rings. The van der Waals surface area contributed by atoms with Gasteiger partial charge in [-0.3, -0.25) is 4.90 Å². The van der Waals surface area contributed by atoms with Crippen molar-refractivity contribution in [2.24, 2.45) is 5.73 Å². The number of hydrogen-bond donors (Lipinski definition) is 1. The van der Waals surface area contributed by atoms with Crippen molar-refractivity contribution >= 4 is 17.2 Å². The summed E-state index contributed by atoms with van der Waals surface area (Å²) in [5.74, 6) is 0.897. The molecule has 0 bridgehead atoms. The summed E-state index contributed by atoms with van der Waals surface area (Å²) in [6, 6.07) is 8.40. The van der Waals surface area contributed by atoms with Gasteiger partial charge in [0, 0.05) is 6.54 Å². The van der Waals surface area contributed by atoms with Crippen LogP contribution in [0.25, 0.3) is 0 Å². The minimum absolute atomic E-state index is 0.260. The Bertz CT molecular complexity index is 408. The number of ether oxygens (including phenoxy) is 1. The van der Waals surface area contributed by atoms with Gasteiger partial charge in [0.1, 0.15) is 5.75 Å². The molecule has 0 amide bonds. The van der Waals surface area contributed by atoms with Gasteiger partial charge in [0.25, 0.3) is 0 Å². The van der Waals surface area contributed by atoms with Gasteiger partial charge in [-0.05, 0) is 37.1 Å². The van der Waals surface area contributed by atoms with Crippen molar-refractivity contribution in [1.29, 1.82) is 0 Å². The fourth-order valence-electron chi connectivity index (χ4n) is 2.34. The minimum Gasteiger partial charge on any atom is -0.497 e. The monoisotopic (exact) mass is 250 g/mol. The molecule has 2 N–H and O–H groups in total. The average molecular weight is 250 g/mol. The third kappa shape index (κ3) is 2.96. The van der Waals surface area contributed by atoms with Gasteiger partial charge in [0.05, 0.1) is 18.1 Å². The van der Waals surface area contributed by atoms with Gasteiger partial charge in [0.2, 0.25) is 0 Å². The predicted molar refractivity (Wildman–Crippen MR) is 73.2 cm³/mol. The normalized spacial score (nSPS) is 20.4. The Morgan fingerprint density at radius 2 is 2.41 bits per heavy atom. The van der Waals surface area contributed by atoms with Crippen LogP contribution >= 0.6 is 12.2 Å². The van der Waals surface area contributed by atoms with Gasteiger partial charge in [-0.2, -0.15) is 0 Å².